The van der Waals surface area contributed by atoms with Crippen molar-refractivity contribution in [2.24, 2.45) is 0 Å². The van der Waals surface area contributed by atoms with Gasteiger partial charge in [0.15, 0.2) is 5.78 Å². The Bertz CT molecular complexity index is 1240. The molecule has 0 aliphatic carbocycles. The van der Waals surface area contributed by atoms with Gasteiger partial charge in [-0.3, -0.25) is 9.69 Å². The second-order valence-corrected chi connectivity index (χ2v) is 6.70. The molecule has 0 spiro atoms. The van der Waals surface area contributed by atoms with E-state index in [0.29, 0.717) is 15.9 Å². The van der Waals surface area contributed by atoms with E-state index in [4.69, 9.17) is 11.0 Å². The number of aryl methyl sites for hydroxylation is 1. The highest BCUT2D eigenvalue weighted by Gasteiger charge is 2.15. The zero-order chi connectivity index (χ0) is 25.1. The first-order chi connectivity index (χ1) is 15.6. The molecule has 2 aromatic heterocycles. The molecule has 0 saturated carbocycles. The molecule has 7 nitrogen and oxygen atoms in total. The van der Waals surface area contributed by atoms with Gasteiger partial charge in [0.05, 0.1) is 37.1 Å². The van der Waals surface area contributed by atoms with Gasteiger partial charge in [-0.15, -0.1) is 10.2 Å². The van der Waals surface area contributed by atoms with E-state index in [1.807, 2.05) is 13.0 Å². The first-order valence-corrected chi connectivity index (χ1v) is 8.51. The number of hydrogen-bond acceptors (Lipinski definition) is 8. The third kappa shape index (κ3) is 3.92. The SMILES string of the molecule is [2H]C1([2H])OC([2H])([2H])C([2H])([2H])N(CC(=O)Cc2ncc3ccc(-c4nnc(C)s4)cc3n2)C1([2H])[2H]. The normalized spacial score (nSPS) is 27.7. The summed E-state index contributed by atoms with van der Waals surface area (Å²) in [6.45, 7) is -11.8. The van der Waals surface area contributed by atoms with Crippen LogP contribution in [0.3, 0.4) is 0 Å². The molecule has 0 amide bonds. The summed E-state index contributed by atoms with van der Waals surface area (Å²) < 4.78 is 67.3. The van der Waals surface area contributed by atoms with Crippen LogP contribution in [-0.4, -0.2) is 63.5 Å². The third-order valence-electron chi connectivity index (χ3n) is 3.56. The quantitative estimate of drug-likeness (QED) is 0.672. The molecule has 4 rings (SSSR count). The largest absolute Gasteiger partial charge is 0.379 e. The van der Waals surface area contributed by atoms with Gasteiger partial charge in [0.25, 0.3) is 0 Å². The van der Waals surface area contributed by atoms with Gasteiger partial charge in [0, 0.05) is 35.6 Å². The van der Waals surface area contributed by atoms with Gasteiger partial charge in [0.2, 0.25) is 0 Å². The molecule has 134 valence electrons. The van der Waals surface area contributed by atoms with E-state index in [0.717, 1.165) is 10.6 Å². The Morgan fingerprint density at radius 2 is 2.19 bits per heavy atom. The summed E-state index contributed by atoms with van der Waals surface area (Å²) in [5, 5.41) is 10.3. The second kappa shape index (κ2) is 7.53. The smallest absolute Gasteiger partial charge is 0.154 e. The first kappa shape index (κ1) is 10.1. The number of hydrogen-bond donors (Lipinski definition) is 0. The molecule has 0 N–H and O–H groups in total. The topological polar surface area (TPSA) is 81.1 Å². The van der Waals surface area contributed by atoms with Crippen molar-refractivity contribution >= 4 is 28.0 Å². The molecule has 1 fully saturated rings. The van der Waals surface area contributed by atoms with Gasteiger partial charge < -0.3 is 4.74 Å². The Labute approximate surface area is 166 Å². The number of carbonyl (C=O) groups excluding carboxylic acids is 1. The molecule has 0 radical (unpaired) electrons. The van der Waals surface area contributed by atoms with E-state index in [2.05, 4.69) is 24.9 Å². The molecule has 0 unspecified atom stereocenters. The predicted octanol–water partition coefficient (Wildman–Crippen LogP) is 1.90. The summed E-state index contributed by atoms with van der Waals surface area (Å²) in [5.74, 6) is -0.625. The van der Waals surface area contributed by atoms with Crippen LogP contribution in [0.15, 0.2) is 24.4 Å². The number of nitrogens with zero attached hydrogens (tertiary/aromatic N) is 5. The van der Waals surface area contributed by atoms with Crippen LogP contribution in [0.4, 0.5) is 0 Å². The van der Waals surface area contributed by atoms with E-state index in [1.54, 1.807) is 12.1 Å². The van der Waals surface area contributed by atoms with Crippen molar-refractivity contribution in [1.29, 1.82) is 0 Å². The summed E-state index contributed by atoms with van der Waals surface area (Å²) in [4.78, 5) is 21.5. The first-order valence-electron chi connectivity index (χ1n) is 11.7. The molecule has 8 heteroatoms. The lowest BCUT2D eigenvalue weighted by Gasteiger charge is -2.25. The highest BCUT2D eigenvalue weighted by molar-refractivity contribution is 7.14. The predicted molar refractivity (Wildman–Crippen MR) is 99.1 cm³/mol. The number of carbonyl (C=O) groups is 1. The summed E-state index contributed by atoms with van der Waals surface area (Å²) in [6, 6.07) is 5.42. The number of rotatable bonds is 5. The number of Topliss-reactive ketones (excluding diaryl/α,β-unsaturated/α-hetero) is 1. The Kier molecular flexibility index (Phi) is 2.94. The minimum Gasteiger partial charge on any atom is -0.379 e. The van der Waals surface area contributed by atoms with Crippen LogP contribution in [0.25, 0.3) is 21.5 Å². The fourth-order valence-electron chi connectivity index (χ4n) is 2.39. The third-order valence-corrected chi connectivity index (χ3v) is 4.45. The van der Waals surface area contributed by atoms with Crippen molar-refractivity contribution in [2.75, 3.05) is 32.7 Å². The summed E-state index contributed by atoms with van der Waals surface area (Å²) in [7, 11) is 0. The maximum absolute atomic E-state index is 12.7. The summed E-state index contributed by atoms with van der Waals surface area (Å²) in [5.41, 5.74) is 1.32. The number of fused-ring (bicyclic) bond motifs is 1. The van der Waals surface area contributed by atoms with Gasteiger partial charge in [-0.05, 0) is 13.0 Å². The summed E-state index contributed by atoms with van der Waals surface area (Å²) in [6.07, 6.45) is 1.12. The van der Waals surface area contributed by atoms with E-state index < -0.39 is 44.9 Å². The maximum Gasteiger partial charge on any atom is 0.154 e. The number of morpholine rings is 1. The van der Waals surface area contributed by atoms with Crippen LogP contribution >= 0.6 is 11.3 Å². The van der Waals surface area contributed by atoms with Crippen molar-refractivity contribution < 1.29 is 20.5 Å². The standard InChI is InChI=1S/C18H19N5O2S/c1-12-21-22-18(26-12)13-2-3-14-10-19-17(20-16(14)8-13)9-15(24)11-23-4-6-25-7-5-23/h2-3,8,10H,4-7,9,11H2,1H3/i4D2,5D2,6D2,7D2. The van der Waals surface area contributed by atoms with Crippen LogP contribution in [0, 0.1) is 6.92 Å². The van der Waals surface area contributed by atoms with Gasteiger partial charge in [-0.1, -0.05) is 23.5 Å². The lowest BCUT2D eigenvalue weighted by molar-refractivity contribution is -0.120. The van der Waals surface area contributed by atoms with Gasteiger partial charge in [-0.2, -0.15) is 0 Å². The molecule has 3 aromatic rings. The zero-order valence-corrected chi connectivity index (χ0v) is 14.5. The van der Waals surface area contributed by atoms with Crippen LogP contribution in [0.1, 0.15) is 21.8 Å². The Morgan fingerprint density at radius 3 is 2.96 bits per heavy atom. The number of ether oxygens (including phenoxy) is 1. The van der Waals surface area contributed by atoms with E-state index in [9.17, 15) is 4.79 Å². The molecular formula is C18H19N5O2S. The zero-order valence-electron chi connectivity index (χ0n) is 21.7. The monoisotopic (exact) mass is 377 g/mol. The molecule has 0 atom stereocenters. The highest BCUT2D eigenvalue weighted by atomic mass is 32.1. The molecule has 26 heavy (non-hydrogen) atoms. The number of aromatic nitrogens is 4. The van der Waals surface area contributed by atoms with Crippen LogP contribution in [-0.2, 0) is 16.0 Å². The van der Waals surface area contributed by atoms with E-state index in [1.165, 1.54) is 17.5 Å². The lowest BCUT2D eigenvalue weighted by atomic mass is 10.1. The molecule has 1 aliphatic rings. The highest BCUT2D eigenvalue weighted by Crippen LogP contribution is 2.25. The van der Waals surface area contributed by atoms with Crippen molar-refractivity contribution in [3.63, 3.8) is 0 Å². The second-order valence-electron chi connectivity index (χ2n) is 5.52. The van der Waals surface area contributed by atoms with Crippen LogP contribution < -0.4 is 0 Å². The molecule has 1 saturated heterocycles. The Hall–Kier alpha value is -2.29. The summed E-state index contributed by atoms with van der Waals surface area (Å²) >= 11 is 1.42. The molecule has 3 heterocycles. The minimum atomic E-state index is -3.21. The number of ketones is 1. The van der Waals surface area contributed by atoms with Gasteiger partial charge >= 0.3 is 0 Å². The van der Waals surface area contributed by atoms with E-state index >= 15 is 0 Å². The molecular weight excluding hydrogens is 350 g/mol. The average Bonchev–Trinajstić information content (AvgIpc) is 3.16. The fourth-order valence-corrected chi connectivity index (χ4v) is 3.08. The van der Waals surface area contributed by atoms with Crippen LogP contribution in [0.2, 0.25) is 0 Å². The van der Waals surface area contributed by atoms with Gasteiger partial charge in [-0.25, -0.2) is 9.97 Å². The average molecular weight is 377 g/mol. The fraction of sp³-hybridized carbons (Fsp3) is 0.389. The minimum absolute atomic E-state index is 0.100. The van der Waals surface area contributed by atoms with Crippen LogP contribution in [0.5, 0.6) is 0 Å². The van der Waals surface area contributed by atoms with Crippen molar-refractivity contribution in [2.45, 2.75) is 13.3 Å². The Morgan fingerprint density at radius 1 is 1.35 bits per heavy atom. The Balaban J connectivity index is 1.58. The maximum atomic E-state index is 12.7. The molecule has 1 aliphatic heterocycles. The molecule has 1 aromatic carbocycles. The van der Waals surface area contributed by atoms with Crippen molar-refractivity contribution in [3.05, 3.63) is 35.2 Å². The number of benzene rings is 1. The van der Waals surface area contributed by atoms with Crippen molar-refractivity contribution in [3.8, 4) is 10.6 Å². The lowest BCUT2D eigenvalue weighted by Crippen LogP contribution is -2.40. The van der Waals surface area contributed by atoms with E-state index in [-0.39, 0.29) is 10.7 Å². The van der Waals surface area contributed by atoms with Gasteiger partial charge in [0.1, 0.15) is 15.8 Å². The molecule has 0 bridgehead atoms. The van der Waals surface area contributed by atoms with Crippen molar-refractivity contribution in [1.82, 2.24) is 25.1 Å².